The fourth-order valence-corrected chi connectivity index (χ4v) is 4.12. The molecule has 5 heteroatoms. The van der Waals surface area contributed by atoms with Crippen LogP contribution in [0.1, 0.15) is 37.8 Å². The van der Waals surface area contributed by atoms with E-state index in [9.17, 15) is 9.59 Å². The van der Waals surface area contributed by atoms with Crippen LogP contribution in [0.5, 0.6) is 5.75 Å². The number of benzene rings is 2. The summed E-state index contributed by atoms with van der Waals surface area (Å²) in [5.74, 6) is 0.854. The zero-order valence-electron chi connectivity index (χ0n) is 17.9. The molecule has 5 nitrogen and oxygen atoms in total. The third-order valence-corrected chi connectivity index (χ3v) is 5.91. The Hall–Kier alpha value is -3.08. The van der Waals surface area contributed by atoms with Gasteiger partial charge in [-0.05, 0) is 62.4 Å². The molecule has 2 aliphatic heterocycles. The van der Waals surface area contributed by atoms with Crippen molar-refractivity contribution in [1.29, 1.82) is 0 Å². The summed E-state index contributed by atoms with van der Waals surface area (Å²) < 4.78 is 5.50. The van der Waals surface area contributed by atoms with Gasteiger partial charge in [-0.2, -0.15) is 0 Å². The van der Waals surface area contributed by atoms with Crippen molar-refractivity contribution in [2.24, 2.45) is 5.92 Å². The fraction of sp³-hybridized carbons (Fsp3) is 0.360. The van der Waals surface area contributed by atoms with Gasteiger partial charge in [-0.25, -0.2) is 4.90 Å². The van der Waals surface area contributed by atoms with Crippen molar-refractivity contribution in [2.75, 3.05) is 24.6 Å². The highest BCUT2D eigenvalue weighted by atomic mass is 16.5. The smallest absolute Gasteiger partial charge is 0.282 e. The van der Waals surface area contributed by atoms with Crippen LogP contribution in [0.2, 0.25) is 0 Å². The molecule has 2 heterocycles. The summed E-state index contributed by atoms with van der Waals surface area (Å²) in [6.45, 7) is 8.33. The second-order valence-electron chi connectivity index (χ2n) is 8.13. The highest BCUT2D eigenvalue weighted by Crippen LogP contribution is 2.36. The molecule has 1 saturated heterocycles. The molecule has 0 saturated carbocycles. The first-order valence-corrected chi connectivity index (χ1v) is 10.7. The molecular weight excluding hydrogens is 376 g/mol. The van der Waals surface area contributed by atoms with E-state index in [4.69, 9.17) is 4.74 Å². The van der Waals surface area contributed by atoms with Crippen LogP contribution in [0.25, 0.3) is 5.57 Å². The molecule has 0 N–H and O–H groups in total. The number of ether oxygens (including phenoxy) is 1. The number of nitrogens with zero attached hydrogens (tertiary/aromatic N) is 2. The maximum atomic E-state index is 13.5. The maximum Gasteiger partial charge on any atom is 0.282 e. The first kappa shape index (κ1) is 20.2. The van der Waals surface area contributed by atoms with E-state index in [2.05, 4.69) is 11.8 Å². The quantitative estimate of drug-likeness (QED) is 0.693. The number of imide groups is 1. The predicted octanol–water partition coefficient (Wildman–Crippen LogP) is 4.41. The summed E-state index contributed by atoms with van der Waals surface area (Å²) in [6.07, 6.45) is 2.05. The normalized spacial score (nSPS) is 17.8. The van der Waals surface area contributed by atoms with Gasteiger partial charge in [0.1, 0.15) is 11.4 Å². The van der Waals surface area contributed by atoms with Crippen molar-refractivity contribution in [3.63, 3.8) is 0 Å². The lowest BCUT2D eigenvalue weighted by molar-refractivity contribution is -0.120. The van der Waals surface area contributed by atoms with E-state index in [1.807, 2.05) is 38.1 Å². The molecule has 0 aliphatic carbocycles. The minimum Gasteiger partial charge on any atom is -0.494 e. The number of aryl methyl sites for hydroxylation is 1. The molecule has 0 radical (unpaired) electrons. The Labute approximate surface area is 177 Å². The van der Waals surface area contributed by atoms with Crippen LogP contribution >= 0.6 is 0 Å². The van der Waals surface area contributed by atoms with E-state index >= 15 is 0 Å². The van der Waals surface area contributed by atoms with Gasteiger partial charge in [-0.3, -0.25) is 9.59 Å². The SMILES string of the molecule is CCOc1ccc(N2C(=O)C(c3ccc(C)cc3)=C(N3CCC(C)CC3)C2=O)cc1. The van der Waals surface area contributed by atoms with E-state index in [1.54, 1.807) is 24.3 Å². The monoisotopic (exact) mass is 404 g/mol. The molecule has 156 valence electrons. The van der Waals surface area contributed by atoms with Crippen molar-refractivity contribution < 1.29 is 14.3 Å². The number of hydrogen-bond acceptors (Lipinski definition) is 4. The van der Waals surface area contributed by atoms with Gasteiger partial charge < -0.3 is 9.64 Å². The van der Waals surface area contributed by atoms with Gasteiger partial charge >= 0.3 is 0 Å². The van der Waals surface area contributed by atoms with Gasteiger partial charge in [0.25, 0.3) is 11.8 Å². The standard InChI is InChI=1S/C25H28N2O3/c1-4-30-21-11-9-20(10-12-21)27-24(28)22(19-7-5-17(2)6-8-19)23(25(27)29)26-15-13-18(3)14-16-26/h5-12,18H,4,13-16H2,1-3H3. The second kappa shape index (κ2) is 8.34. The fourth-order valence-electron chi connectivity index (χ4n) is 4.12. The number of carbonyl (C=O) groups excluding carboxylic acids is 2. The number of piperidine rings is 1. The summed E-state index contributed by atoms with van der Waals surface area (Å²) >= 11 is 0. The van der Waals surface area contributed by atoms with Crippen molar-refractivity contribution in [3.8, 4) is 5.75 Å². The van der Waals surface area contributed by atoms with E-state index in [0.717, 1.165) is 42.8 Å². The molecule has 0 unspecified atom stereocenters. The lowest BCUT2D eigenvalue weighted by atomic mass is 9.97. The minimum atomic E-state index is -0.262. The third-order valence-electron chi connectivity index (χ3n) is 5.91. The summed E-state index contributed by atoms with van der Waals surface area (Å²) in [4.78, 5) is 30.5. The highest BCUT2D eigenvalue weighted by Gasteiger charge is 2.42. The Kier molecular flexibility index (Phi) is 5.62. The Balaban J connectivity index is 1.74. The first-order chi connectivity index (χ1) is 14.5. The van der Waals surface area contributed by atoms with Gasteiger partial charge in [-0.1, -0.05) is 36.8 Å². The van der Waals surface area contributed by atoms with Gasteiger partial charge in [0.05, 0.1) is 17.9 Å². The van der Waals surface area contributed by atoms with Crippen LogP contribution < -0.4 is 9.64 Å². The summed E-state index contributed by atoms with van der Waals surface area (Å²) in [6, 6.07) is 15.0. The summed E-state index contributed by atoms with van der Waals surface area (Å²) in [5, 5.41) is 0. The average Bonchev–Trinajstić information content (AvgIpc) is 3.00. The largest absolute Gasteiger partial charge is 0.494 e. The molecule has 0 spiro atoms. The van der Waals surface area contributed by atoms with Crippen LogP contribution in [-0.4, -0.2) is 36.4 Å². The number of rotatable bonds is 5. The zero-order chi connectivity index (χ0) is 21.3. The number of anilines is 1. The maximum absolute atomic E-state index is 13.5. The Morgan fingerprint density at radius 3 is 2.17 bits per heavy atom. The zero-order valence-corrected chi connectivity index (χ0v) is 17.9. The van der Waals surface area contributed by atoms with Crippen molar-refractivity contribution in [2.45, 2.75) is 33.6 Å². The van der Waals surface area contributed by atoms with Gasteiger partial charge in [-0.15, -0.1) is 0 Å². The number of amides is 2. The van der Waals surface area contributed by atoms with E-state index in [1.165, 1.54) is 4.90 Å². The molecule has 0 bridgehead atoms. The first-order valence-electron chi connectivity index (χ1n) is 10.7. The molecule has 0 aromatic heterocycles. The predicted molar refractivity (Wildman–Crippen MR) is 118 cm³/mol. The van der Waals surface area contributed by atoms with E-state index in [-0.39, 0.29) is 11.8 Å². The molecule has 30 heavy (non-hydrogen) atoms. The Morgan fingerprint density at radius 1 is 0.933 bits per heavy atom. The molecule has 2 aromatic carbocycles. The third kappa shape index (κ3) is 3.72. The molecule has 2 amide bonds. The highest BCUT2D eigenvalue weighted by molar-refractivity contribution is 6.45. The van der Waals surface area contributed by atoms with Gasteiger partial charge in [0.15, 0.2) is 0 Å². The molecule has 2 aliphatic rings. The van der Waals surface area contributed by atoms with Crippen LogP contribution in [0.15, 0.2) is 54.2 Å². The summed E-state index contributed by atoms with van der Waals surface area (Å²) in [7, 11) is 0. The number of hydrogen-bond donors (Lipinski definition) is 0. The van der Waals surface area contributed by atoms with Gasteiger partial charge in [0.2, 0.25) is 0 Å². The molecule has 4 rings (SSSR count). The minimum absolute atomic E-state index is 0.241. The van der Waals surface area contributed by atoms with Crippen molar-refractivity contribution in [3.05, 3.63) is 65.4 Å². The molecule has 0 atom stereocenters. The lowest BCUT2D eigenvalue weighted by Crippen LogP contribution is -2.38. The molecular formula is C25H28N2O3. The van der Waals surface area contributed by atoms with Gasteiger partial charge in [0, 0.05) is 13.1 Å². The van der Waals surface area contributed by atoms with E-state index in [0.29, 0.717) is 29.5 Å². The molecule has 1 fully saturated rings. The van der Waals surface area contributed by atoms with E-state index < -0.39 is 0 Å². The van der Waals surface area contributed by atoms with Crippen LogP contribution in [-0.2, 0) is 9.59 Å². The number of carbonyl (C=O) groups is 2. The molecule has 2 aromatic rings. The van der Waals surface area contributed by atoms with Crippen molar-refractivity contribution >= 4 is 23.1 Å². The van der Waals surface area contributed by atoms with Crippen LogP contribution in [0.4, 0.5) is 5.69 Å². The Bertz CT molecular complexity index is 968. The Morgan fingerprint density at radius 2 is 1.57 bits per heavy atom. The topological polar surface area (TPSA) is 49.9 Å². The summed E-state index contributed by atoms with van der Waals surface area (Å²) in [5.41, 5.74) is 3.51. The van der Waals surface area contributed by atoms with Crippen LogP contribution in [0.3, 0.4) is 0 Å². The lowest BCUT2D eigenvalue weighted by Gasteiger charge is -2.32. The van der Waals surface area contributed by atoms with Crippen LogP contribution in [0, 0.1) is 12.8 Å². The van der Waals surface area contributed by atoms with Crippen molar-refractivity contribution in [1.82, 2.24) is 4.90 Å². The second-order valence-corrected chi connectivity index (χ2v) is 8.13. The number of likely N-dealkylation sites (tertiary alicyclic amines) is 1. The average molecular weight is 405 g/mol.